The predicted octanol–water partition coefficient (Wildman–Crippen LogP) is 3.65. The monoisotopic (exact) mass is 425 g/mol. The van der Waals surface area contributed by atoms with E-state index in [1.54, 1.807) is 0 Å². The van der Waals surface area contributed by atoms with Crippen LogP contribution in [-0.4, -0.2) is 35.7 Å². The van der Waals surface area contributed by atoms with Crippen LogP contribution in [-0.2, 0) is 14.8 Å². The average molecular weight is 425 g/mol. The molecule has 0 aliphatic heterocycles. The van der Waals surface area contributed by atoms with Gasteiger partial charge in [-0.3, -0.25) is 4.72 Å². The number of benzene rings is 2. The summed E-state index contributed by atoms with van der Waals surface area (Å²) >= 11 is 0.839. The molecule has 3 rings (SSSR count). The van der Waals surface area contributed by atoms with Crippen LogP contribution in [0, 0.1) is 5.82 Å². The van der Waals surface area contributed by atoms with Gasteiger partial charge in [0.2, 0.25) is 0 Å². The second kappa shape index (κ2) is 7.64. The number of rotatable bonds is 6. The van der Waals surface area contributed by atoms with Crippen LogP contribution in [0.5, 0.6) is 11.5 Å². The summed E-state index contributed by atoms with van der Waals surface area (Å²) in [5.41, 5.74) is 0.106. The zero-order chi connectivity index (χ0) is 20.5. The quantitative estimate of drug-likeness (QED) is 0.607. The number of hydrogen-bond acceptors (Lipinski definition) is 7. The lowest BCUT2D eigenvalue weighted by atomic mass is 10.2. The summed E-state index contributed by atoms with van der Waals surface area (Å²) in [4.78, 5) is 11.5. The van der Waals surface area contributed by atoms with Crippen molar-refractivity contribution < 1.29 is 31.8 Å². The molecule has 0 aliphatic rings. The van der Waals surface area contributed by atoms with Crippen LogP contribution in [0.25, 0.3) is 10.1 Å². The molecule has 0 fully saturated rings. The number of carbonyl (C=O) groups excluding carboxylic acids is 1. The maximum atomic E-state index is 14.5. The van der Waals surface area contributed by atoms with Gasteiger partial charge >= 0.3 is 5.97 Å². The molecule has 0 radical (unpaired) electrons. The molecule has 0 spiro atoms. The van der Waals surface area contributed by atoms with Gasteiger partial charge in [-0.05, 0) is 24.3 Å². The van der Waals surface area contributed by atoms with Crippen molar-refractivity contribution in [2.24, 2.45) is 0 Å². The molecule has 148 valence electrons. The van der Waals surface area contributed by atoms with E-state index in [0.717, 1.165) is 24.5 Å². The van der Waals surface area contributed by atoms with E-state index in [1.807, 2.05) is 0 Å². The lowest BCUT2D eigenvalue weighted by molar-refractivity contribution is 0.0602. The Labute approximate surface area is 164 Å². The Morgan fingerprint density at radius 3 is 2.50 bits per heavy atom. The summed E-state index contributed by atoms with van der Waals surface area (Å²) < 4.78 is 58.3. The number of sulfonamides is 1. The van der Waals surface area contributed by atoms with Gasteiger partial charge in [0.25, 0.3) is 10.0 Å². The van der Waals surface area contributed by atoms with Crippen molar-refractivity contribution in [3.05, 3.63) is 47.1 Å². The molecule has 2 aromatic carbocycles. The number of thiophene rings is 1. The fourth-order valence-electron chi connectivity index (χ4n) is 2.64. The van der Waals surface area contributed by atoms with Gasteiger partial charge < -0.3 is 14.2 Å². The Morgan fingerprint density at radius 1 is 1.11 bits per heavy atom. The van der Waals surface area contributed by atoms with E-state index in [4.69, 9.17) is 9.47 Å². The van der Waals surface area contributed by atoms with Gasteiger partial charge in [0.05, 0.1) is 27.0 Å². The third kappa shape index (κ3) is 3.48. The first kappa shape index (κ1) is 19.9. The lowest BCUT2D eigenvalue weighted by Gasteiger charge is -2.13. The first-order chi connectivity index (χ1) is 13.3. The predicted molar refractivity (Wildman–Crippen MR) is 103 cm³/mol. The molecule has 0 unspecified atom stereocenters. The van der Waals surface area contributed by atoms with Crippen LogP contribution in [0.4, 0.5) is 10.1 Å². The minimum atomic E-state index is -4.36. The van der Waals surface area contributed by atoms with Crippen LogP contribution in [0.1, 0.15) is 9.67 Å². The summed E-state index contributed by atoms with van der Waals surface area (Å²) in [7, 11) is -0.407. The van der Waals surface area contributed by atoms with Gasteiger partial charge in [-0.1, -0.05) is 6.07 Å². The van der Waals surface area contributed by atoms with Gasteiger partial charge in [0.15, 0.2) is 0 Å². The highest BCUT2D eigenvalue weighted by Gasteiger charge is 2.31. The molecule has 1 aromatic heterocycles. The molecule has 3 aromatic rings. The van der Waals surface area contributed by atoms with Gasteiger partial charge in [0, 0.05) is 16.2 Å². The van der Waals surface area contributed by atoms with Crippen molar-refractivity contribution in [2.45, 2.75) is 4.90 Å². The summed E-state index contributed by atoms with van der Waals surface area (Å²) in [6.45, 7) is 0. The Hall–Kier alpha value is -2.85. The molecule has 28 heavy (non-hydrogen) atoms. The van der Waals surface area contributed by atoms with E-state index in [1.165, 1.54) is 44.6 Å². The fraction of sp³-hybridized carbons (Fsp3) is 0.167. The smallest absolute Gasteiger partial charge is 0.349 e. The molecule has 1 heterocycles. The van der Waals surface area contributed by atoms with Crippen molar-refractivity contribution in [1.29, 1.82) is 0 Å². The fourth-order valence-corrected chi connectivity index (χ4v) is 5.55. The number of anilines is 1. The molecule has 0 aliphatic carbocycles. The number of halogens is 1. The highest BCUT2D eigenvalue weighted by atomic mass is 32.2. The summed E-state index contributed by atoms with van der Waals surface area (Å²) in [6.07, 6.45) is 0. The van der Waals surface area contributed by atoms with Crippen LogP contribution in [0.15, 0.2) is 41.3 Å². The van der Waals surface area contributed by atoms with Gasteiger partial charge in [0.1, 0.15) is 27.1 Å². The zero-order valence-corrected chi connectivity index (χ0v) is 16.7. The second-order valence-corrected chi connectivity index (χ2v) is 8.21. The van der Waals surface area contributed by atoms with E-state index in [2.05, 4.69) is 9.46 Å². The first-order valence-electron chi connectivity index (χ1n) is 7.86. The third-order valence-corrected chi connectivity index (χ3v) is 6.61. The van der Waals surface area contributed by atoms with Gasteiger partial charge in [-0.2, -0.15) is 0 Å². The standard InChI is InChI=1S/C18H16FNO6S2/c1-24-10-7-8-12(13(9-10)25-2)20-28(22,23)17-15-11(19)5-4-6-14(15)27-16(17)18(21)26-3/h4-9,20H,1-3H3. The van der Waals surface area contributed by atoms with Crippen molar-refractivity contribution in [1.82, 2.24) is 0 Å². The number of ether oxygens (including phenoxy) is 3. The van der Waals surface area contributed by atoms with Gasteiger partial charge in [-0.25, -0.2) is 17.6 Å². The SMILES string of the molecule is COC(=O)c1sc2cccc(F)c2c1S(=O)(=O)Nc1ccc(OC)cc1OC. The highest BCUT2D eigenvalue weighted by molar-refractivity contribution is 7.93. The van der Waals surface area contributed by atoms with E-state index in [-0.39, 0.29) is 21.7 Å². The maximum absolute atomic E-state index is 14.5. The Kier molecular flexibility index (Phi) is 5.43. The number of esters is 1. The van der Waals surface area contributed by atoms with Gasteiger partial charge in [-0.15, -0.1) is 11.3 Å². The molecule has 0 amide bonds. The van der Waals surface area contributed by atoms with Crippen LogP contribution in [0.2, 0.25) is 0 Å². The zero-order valence-electron chi connectivity index (χ0n) is 15.1. The largest absolute Gasteiger partial charge is 0.497 e. The molecule has 0 bridgehead atoms. The summed E-state index contributed by atoms with van der Waals surface area (Å²) in [6, 6.07) is 8.56. The maximum Gasteiger partial charge on any atom is 0.349 e. The average Bonchev–Trinajstić information content (AvgIpc) is 3.09. The number of nitrogens with one attached hydrogen (secondary N) is 1. The molecule has 7 nitrogen and oxygen atoms in total. The molecule has 1 N–H and O–H groups in total. The number of carbonyl (C=O) groups is 1. The highest BCUT2D eigenvalue weighted by Crippen LogP contribution is 2.39. The third-order valence-electron chi connectivity index (χ3n) is 3.91. The van der Waals surface area contributed by atoms with Crippen molar-refractivity contribution in [3.8, 4) is 11.5 Å². The van der Waals surface area contributed by atoms with Crippen LogP contribution in [0.3, 0.4) is 0 Å². The van der Waals surface area contributed by atoms with E-state index in [0.29, 0.717) is 10.4 Å². The Bertz CT molecular complexity index is 1160. The first-order valence-corrected chi connectivity index (χ1v) is 10.2. The molecule has 0 atom stereocenters. The molecule has 0 saturated carbocycles. The Morgan fingerprint density at radius 2 is 1.86 bits per heavy atom. The van der Waals surface area contributed by atoms with Crippen molar-refractivity contribution in [3.63, 3.8) is 0 Å². The van der Waals surface area contributed by atoms with Crippen molar-refractivity contribution >= 4 is 43.1 Å². The number of hydrogen-bond donors (Lipinski definition) is 1. The van der Waals surface area contributed by atoms with Crippen molar-refractivity contribution in [2.75, 3.05) is 26.1 Å². The summed E-state index contributed by atoms with van der Waals surface area (Å²) in [5.74, 6) is -0.974. The topological polar surface area (TPSA) is 90.9 Å². The summed E-state index contributed by atoms with van der Waals surface area (Å²) in [5, 5.41) is -0.173. The minimum absolute atomic E-state index is 0.106. The second-order valence-electron chi connectivity index (χ2n) is 5.54. The molecule has 0 saturated heterocycles. The van der Waals surface area contributed by atoms with E-state index >= 15 is 0 Å². The van der Waals surface area contributed by atoms with Crippen LogP contribution >= 0.6 is 11.3 Å². The Balaban J connectivity index is 2.20. The number of methoxy groups -OCH3 is 3. The van der Waals surface area contributed by atoms with E-state index in [9.17, 15) is 17.6 Å². The lowest BCUT2D eigenvalue weighted by Crippen LogP contribution is -2.17. The normalized spacial score (nSPS) is 11.3. The van der Waals surface area contributed by atoms with Crippen LogP contribution < -0.4 is 14.2 Å². The molecule has 10 heteroatoms. The number of fused-ring (bicyclic) bond motifs is 1. The molecular formula is C18H16FNO6S2. The molecular weight excluding hydrogens is 409 g/mol. The van der Waals surface area contributed by atoms with E-state index < -0.39 is 26.7 Å². The minimum Gasteiger partial charge on any atom is -0.497 e.